The van der Waals surface area contributed by atoms with Crippen LogP contribution in [0.2, 0.25) is 5.02 Å². The highest BCUT2D eigenvalue weighted by molar-refractivity contribution is 7.80. The molecule has 1 atom stereocenters. The lowest BCUT2D eigenvalue weighted by Crippen LogP contribution is -2.42. The number of anilines is 1. The van der Waals surface area contributed by atoms with Crippen LogP contribution in [0.4, 0.5) is 16.2 Å². The van der Waals surface area contributed by atoms with E-state index in [0.717, 1.165) is 11.1 Å². The van der Waals surface area contributed by atoms with E-state index in [1.807, 2.05) is 12.1 Å². The van der Waals surface area contributed by atoms with Crippen molar-refractivity contribution in [1.82, 2.24) is 4.90 Å². The summed E-state index contributed by atoms with van der Waals surface area (Å²) in [4.78, 5) is 25.0. The Bertz CT molecular complexity index is 994. The summed E-state index contributed by atoms with van der Waals surface area (Å²) in [6.07, 6.45) is 0.966. The first-order valence-corrected chi connectivity index (χ1v) is 11.1. The van der Waals surface area contributed by atoms with E-state index in [1.165, 1.54) is 6.07 Å². The van der Waals surface area contributed by atoms with E-state index >= 15 is 0 Å². The summed E-state index contributed by atoms with van der Waals surface area (Å²) >= 11 is 11.3. The first-order chi connectivity index (χ1) is 15.3. The van der Waals surface area contributed by atoms with Gasteiger partial charge in [0.05, 0.1) is 22.4 Å². The molecule has 0 aliphatic carbocycles. The summed E-state index contributed by atoms with van der Waals surface area (Å²) in [6, 6.07) is 12.0. The summed E-state index contributed by atoms with van der Waals surface area (Å²) < 4.78 is 5.04. The number of carbonyl (C=O) groups excluding carboxylic acids is 1. The molecule has 3 rings (SSSR count). The van der Waals surface area contributed by atoms with Crippen molar-refractivity contribution in [2.75, 3.05) is 25.0 Å². The van der Waals surface area contributed by atoms with Gasteiger partial charge in [0, 0.05) is 30.2 Å². The zero-order chi connectivity index (χ0) is 23.3. The fourth-order valence-corrected chi connectivity index (χ4v) is 4.22. The normalized spacial score (nSPS) is 15.1. The van der Waals surface area contributed by atoms with Gasteiger partial charge >= 0.3 is 6.09 Å². The van der Waals surface area contributed by atoms with Crippen LogP contribution in [0.1, 0.15) is 36.8 Å². The molecule has 0 spiro atoms. The van der Waals surface area contributed by atoms with Gasteiger partial charge in [-0.1, -0.05) is 42.0 Å². The van der Waals surface area contributed by atoms with Crippen molar-refractivity contribution in [2.24, 2.45) is 5.73 Å². The Hall–Kier alpha value is -2.91. The average Bonchev–Trinajstić information content (AvgIpc) is 2.76. The first kappa shape index (κ1) is 23.7. The zero-order valence-electron chi connectivity index (χ0n) is 17.6. The maximum Gasteiger partial charge on any atom is 0.409 e. The molecule has 170 valence electrons. The molecule has 0 radical (unpaired) electrons. The van der Waals surface area contributed by atoms with Gasteiger partial charge in [-0.2, -0.15) is 0 Å². The summed E-state index contributed by atoms with van der Waals surface area (Å²) in [5.41, 5.74) is 8.00. The van der Waals surface area contributed by atoms with Crippen molar-refractivity contribution in [3.05, 3.63) is 68.7 Å². The number of hydrogen-bond acceptors (Lipinski definition) is 6. The number of nitrogens with one attached hydrogen (secondary N) is 1. The number of thiocarbonyl (C=S) groups is 1. The molecule has 1 amide bonds. The average molecular weight is 477 g/mol. The molecule has 0 aromatic heterocycles. The van der Waals surface area contributed by atoms with Gasteiger partial charge < -0.3 is 20.7 Å². The number of carbonyl (C=O) groups is 1. The largest absolute Gasteiger partial charge is 0.450 e. The van der Waals surface area contributed by atoms with Crippen molar-refractivity contribution >= 4 is 46.3 Å². The van der Waals surface area contributed by atoms with Crippen molar-refractivity contribution in [1.29, 1.82) is 0 Å². The summed E-state index contributed by atoms with van der Waals surface area (Å²) in [7, 11) is 0. The number of halogens is 1. The summed E-state index contributed by atoms with van der Waals surface area (Å²) in [5, 5.41) is 15.5. The third-order valence-electron chi connectivity index (χ3n) is 5.42. The van der Waals surface area contributed by atoms with Crippen LogP contribution in [0, 0.1) is 10.1 Å². The predicted octanol–water partition coefficient (Wildman–Crippen LogP) is 4.70. The highest BCUT2D eigenvalue weighted by atomic mass is 35.5. The van der Waals surface area contributed by atoms with E-state index < -0.39 is 10.8 Å². The number of ether oxygens (including phenoxy) is 1. The molecule has 1 aliphatic heterocycles. The number of nitrogens with zero attached hydrogens (tertiary/aromatic N) is 2. The third-order valence-corrected chi connectivity index (χ3v) is 5.91. The number of nitrogens with two attached hydrogens (primary N) is 1. The number of nitro benzene ring substituents is 1. The maximum atomic E-state index is 11.9. The third kappa shape index (κ3) is 5.66. The standard InChI is InChI=1S/C22H25ClN4O4S/c1-2-31-22(28)26-11-9-17(10-12-26)25-18-13-15(5-8-19(18)27(29)30)20(21(24)32)14-3-6-16(23)7-4-14/h3-8,13,17,20,25H,2,9-12H2,1H3,(H2,24,32). The van der Waals surface area contributed by atoms with Crippen LogP contribution < -0.4 is 11.1 Å². The Kier molecular flexibility index (Phi) is 7.87. The molecule has 2 aromatic rings. The molecule has 1 fully saturated rings. The van der Waals surface area contributed by atoms with Crippen LogP contribution in [0.3, 0.4) is 0 Å². The molecule has 10 heteroatoms. The molecular weight excluding hydrogens is 452 g/mol. The minimum absolute atomic E-state index is 0.0200. The van der Waals surface area contributed by atoms with E-state index in [2.05, 4.69) is 5.32 Å². The minimum atomic E-state index is -0.419. The van der Waals surface area contributed by atoms with Crippen LogP contribution in [-0.4, -0.2) is 46.6 Å². The number of rotatable bonds is 7. The van der Waals surface area contributed by atoms with E-state index in [-0.39, 0.29) is 22.8 Å². The maximum absolute atomic E-state index is 11.9. The number of nitro groups is 1. The van der Waals surface area contributed by atoms with E-state index in [0.29, 0.717) is 43.2 Å². The van der Waals surface area contributed by atoms with Gasteiger partial charge in [-0.05, 0) is 49.1 Å². The number of amides is 1. The lowest BCUT2D eigenvalue weighted by Gasteiger charge is -2.32. The summed E-state index contributed by atoms with van der Waals surface area (Å²) in [5.74, 6) is -0.408. The predicted molar refractivity (Wildman–Crippen MR) is 128 cm³/mol. The molecule has 1 saturated heterocycles. The number of piperidine rings is 1. The first-order valence-electron chi connectivity index (χ1n) is 10.3. The Morgan fingerprint density at radius 3 is 2.47 bits per heavy atom. The van der Waals surface area contributed by atoms with Gasteiger partial charge in [-0.15, -0.1) is 0 Å². The van der Waals surface area contributed by atoms with Crippen LogP contribution in [-0.2, 0) is 4.74 Å². The molecule has 0 bridgehead atoms. The topological polar surface area (TPSA) is 111 Å². The van der Waals surface area contributed by atoms with E-state index in [4.69, 9.17) is 34.3 Å². The monoisotopic (exact) mass is 476 g/mol. The van der Waals surface area contributed by atoms with Crippen LogP contribution in [0.15, 0.2) is 42.5 Å². The zero-order valence-corrected chi connectivity index (χ0v) is 19.2. The van der Waals surface area contributed by atoms with Crippen molar-refractivity contribution in [3.8, 4) is 0 Å². The molecule has 32 heavy (non-hydrogen) atoms. The lowest BCUT2D eigenvalue weighted by atomic mass is 9.90. The molecule has 0 saturated carbocycles. The van der Waals surface area contributed by atoms with Gasteiger partial charge in [0.1, 0.15) is 5.69 Å². The smallest absolute Gasteiger partial charge is 0.409 e. The number of likely N-dealkylation sites (tertiary alicyclic amines) is 1. The highest BCUT2D eigenvalue weighted by Gasteiger charge is 2.27. The molecule has 3 N–H and O–H groups in total. The Morgan fingerprint density at radius 1 is 1.28 bits per heavy atom. The minimum Gasteiger partial charge on any atom is -0.450 e. The van der Waals surface area contributed by atoms with Gasteiger partial charge in [0.25, 0.3) is 5.69 Å². The van der Waals surface area contributed by atoms with Crippen LogP contribution in [0.5, 0.6) is 0 Å². The Balaban J connectivity index is 1.83. The van der Waals surface area contributed by atoms with Crippen molar-refractivity contribution in [2.45, 2.75) is 31.7 Å². The highest BCUT2D eigenvalue weighted by Crippen LogP contribution is 2.34. The van der Waals surface area contributed by atoms with E-state index in [1.54, 1.807) is 36.1 Å². The molecular formula is C22H25ClN4O4S. The van der Waals surface area contributed by atoms with Crippen LogP contribution >= 0.6 is 23.8 Å². The molecule has 2 aromatic carbocycles. The lowest BCUT2D eigenvalue weighted by molar-refractivity contribution is -0.384. The SMILES string of the molecule is CCOC(=O)N1CCC(Nc2cc(C(C(N)=S)c3ccc(Cl)cc3)ccc2[N+](=O)[O-])CC1. The fraction of sp³-hybridized carbons (Fsp3) is 0.364. The molecule has 8 nitrogen and oxygen atoms in total. The second-order valence-electron chi connectivity index (χ2n) is 7.53. The fourth-order valence-electron chi connectivity index (χ4n) is 3.83. The Morgan fingerprint density at radius 2 is 1.91 bits per heavy atom. The van der Waals surface area contributed by atoms with Gasteiger partial charge in [-0.25, -0.2) is 4.79 Å². The Labute approximate surface area is 196 Å². The van der Waals surface area contributed by atoms with Gasteiger partial charge in [0.15, 0.2) is 0 Å². The van der Waals surface area contributed by atoms with Crippen molar-refractivity contribution in [3.63, 3.8) is 0 Å². The second kappa shape index (κ2) is 10.6. The molecule has 1 unspecified atom stereocenters. The molecule has 1 heterocycles. The van der Waals surface area contributed by atoms with E-state index in [9.17, 15) is 14.9 Å². The van der Waals surface area contributed by atoms with Gasteiger partial charge in [0.2, 0.25) is 0 Å². The summed E-state index contributed by atoms with van der Waals surface area (Å²) in [6.45, 7) is 3.13. The number of benzene rings is 2. The van der Waals surface area contributed by atoms with Gasteiger partial charge in [-0.3, -0.25) is 10.1 Å². The number of hydrogen-bond donors (Lipinski definition) is 2. The van der Waals surface area contributed by atoms with Crippen molar-refractivity contribution < 1.29 is 14.5 Å². The quantitative estimate of drug-likeness (QED) is 0.338. The second-order valence-corrected chi connectivity index (χ2v) is 8.43. The van der Waals surface area contributed by atoms with Crippen LogP contribution in [0.25, 0.3) is 0 Å². The molecule has 1 aliphatic rings.